The molecule has 0 saturated carbocycles. The highest BCUT2D eigenvalue weighted by Gasteiger charge is 2.33. The first kappa shape index (κ1) is 15.7. The second-order valence-corrected chi connectivity index (χ2v) is 7.72. The van der Waals surface area contributed by atoms with Crippen molar-refractivity contribution in [3.8, 4) is 5.88 Å². The van der Waals surface area contributed by atoms with Gasteiger partial charge in [-0.15, -0.1) is 5.10 Å². The second-order valence-electron chi connectivity index (χ2n) is 6.71. The largest absolute Gasteiger partial charge is 0.492 e. The minimum atomic E-state index is -0.0833. The van der Waals surface area contributed by atoms with E-state index in [0.717, 1.165) is 53.2 Å². The maximum Gasteiger partial charge on any atom is 0.230 e. The zero-order valence-corrected chi connectivity index (χ0v) is 15.0. The zero-order valence-electron chi connectivity index (χ0n) is 14.2. The van der Waals surface area contributed by atoms with Gasteiger partial charge >= 0.3 is 0 Å². The van der Waals surface area contributed by atoms with Crippen molar-refractivity contribution >= 4 is 16.3 Å². The molecule has 0 amide bonds. The molecule has 0 aliphatic carbocycles. The van der Waals surface area contributed by atoms with Crippen LogP contribution >= 0.6 is 11.3 Å². The third-order valence-corrected chi connectivity index (χ3v) is 5.84. The number of hydrogen-bond acceptors (Lipinski definition) is 6. The smallest absolute Gasteiger partial charge is 0.230 e. The number of hydrogen-bond donors (Lipinski definition) is 1. The van der Waals surface area contributed by atoms with E-state index < -0.39 is 0 Å². The van der Waals surface area contributed by atoms with E-state index >= 15 is 0 Å². The fraction of sp³-hybridized carbons (Fsp3) is 0.529. The van der Waals surface area contributed by atoms with E-state index in [1.807, 2.05) is 26.0 Å². The molecule has 7 heteroatoms. The summed E-state index contributed by atoms with van der Waals surface area (Å²) in [4.78, 5) is 8.37. The molecule has 4 heterocycles. The summed E-state index contributed by atoms with van der Waals surface area (Å²) in [5.41, 5.74) is 0. The molecule has 0 aromatic carbocycles. The number of aryl methyl sites for hydroxylation is 2. The monoisotopic (exact) mass is 346 g/mol. The summed E-state index contributed by atoms with van der Waals surface area (Å²) in [7, 11) is 0. The van der Waals surface area contributed by atoms with E-state index in [9.17, 15) is 5.11 Å². The summed E-state index contributed by atoms with van der Waals surface area (Å²) in [6, 6.07) is 3.91. The van der Waals surface area contributed by atoms with Gasteiger partial charge in [0.2, 0.25) is 10.8 Å². The van der Waals surface area contributed by atoms with Gasteiger partial charge in [0.15, 0.2) is 0 Å². The van der Waals surface area contributed by atoms with Crippen LogP contribution in [0.2, 0.25) is 0 Å². The van der Waals surface area contributed by atoms with E-state index in [1.165, 1.54) is 15.9 Å². The van der Waals surface area contributed by atoms with E-state index in [-0.39, 0.29) is 11.9 Å². The Bertz CT molecular complexity index is 857. The number of likely N-dealkylation sites (tertiary alicyclic amines) is 1. The van der Waals surface area contributed by atoms with Gasteiger partial charge in [-0.1, -0.05) is 18.3 Å². The minimum Gasteiger partial charge on any atom is -0.492 e. The van der Waals surface area contributed by atoms with E-state index in [2.05, 4.69) is 21.9 Å². The Balaban J connectivity index is 1.78. The average molecular weight is 346 g/mol. The van der Waals surface area contributed by atoms with Crippen LogP contribution in [-0.2, 0) is 0 Å². The van der Waals surface area contributed by atoms with Crippen LogP contribution in [0.1, 0.15) is 48.0 Å². The molecule has 24 heavy (non-hydrogen) atoms. The Labute approximate surface area is 144 Å². The van der Waals surface area contributed by atoms with Crippen molar-refractivity contribution in [2.24, 2.45) is 5.92 Å². The number of thiazole rings is 1. The minimum absolute atomic E-state index is 0.0833. The number of aromatic hydroxyl groups is 1. The van der Waals surface area contributed by atoms with Gasteiger partial charge in [0, 0.05) is 0 Å². The molecular weight excluding hydrogens is 324 g/mol. The first-order valence-corrected chi connectivity index (χ1v) is 9.20. The molecule has 4 rings (SSSR count). The van der Waals surface area contributed by atoms with Gasteiger partial charge in [0.1, 0.15) is 23.4 Å². The van der Waals surface area contributed by atoms with E-state index in [4.69, 9.17) is 4.42 Å². The lowest BCUT2D eigenvalue weighted by atomic mass is 9.97. The maximum atomic E-state index is 10.7. The van der Waals surface area contributed by atoms with Crippen LogP contribution in [0.15, 0.2) is 16.5 Å². The molecule has 0 radical (unpaired) electrons. The molecule has 3 aromatic rings. The van der Waals surface area contributed by atoms with E-state index in [0.29, 0.717) is 5.82 Å². The average Bonchev–Trinajstić information content (AvgIpc) is 3.20. The lowest BCUT2D eigenvalue weighted by Crippen LogP contribution is -2.36. The highest BCUT2D eigenvalue weighted by atomic mass is 32.1. The summed E-state index contributed by atoms with van der Waals surface area (Å²) in [5, 5.41) is 15.0. The van der Waals surface area contributed by atoms with Crippen molar-refractivity contribution in [3.05, 3.63) is 34.4 Å². The molecule has 0 bridgehead atoms. The van der Waals surface area contributed by atoms with Gasteiger partial charge < -0.3 is 9.52 Å². The predicted molar refractivity (Wildman–Crippen MR) is 92.5 cm³/mol. The first-order valence-electron chi connectivity index (χ1n) is 8.38. The normalized spacial score (nSPS) is 18.5. The maximum absolute atomic E-state index is 10.7. The number of furan rings is 1. The lowest BCUT2D eigenvalue weighted by Gasteiger charge is -2.35. The van der Waals surface area contributed by atoms with Crippen molar-refractivity contribution in [1.29, 1.82) is 0 Å². The molecule has 6 nitrogen and oxygen atoms in total. The van der Waals surface area contributed by atoms with Crippen LogP contribution in [0.5, 0.6) is 5.88 Å². The van der Waals surface area contributed by atoms with Gasteiger partial charge in [-0.25, -0.2) is 4.98 Å². The summed E-state index contributed by atoms with van der Waals surface area (Å²) < 4.78 is 7.47. The fourth-order valence-electron chi connectivity index (χ4n) is 3.39. The highest BCUT2D eigenvalue weighted by molar-refractivity contribution is 7.17. The Morgan fingerprint density at radius 3 is 2.67 bits per heavy atom. The quantitative estimate of drug-likeness (QED) is 0.786. The SMILES string of the molecule is Cc1nc2sc([C@@H](c3ccc(C)o3)N3CCC(C)CC3)c(O)n2n1. The van der Waals surface area contributed by atoms with Crippen LogP contribution in [0.25, 0.3) is 4.96 Å². The molecule has 128 valence electrons. The Morgan fingerprint density at radius 1 is 1.29 bits per heavy atom. The fourth-order valence-corrected chi connectivity index (χ4v) is 4.53. The summed E-state index contributed by atoms with van der Waals surface area (Å²) in [6.07, 6.45) is 2.33. The summed E-state index contributed by atoms with van der Waals surface area (Å²) in [5.74, 6) is 3.35. The molecule has 1 aliphatic heterocycles. The van der Waals surface area contributed by atoms with Crippen LogP contribution in [0, 0.1) is 19.8 Å². The van der Waals surface area contributed by atoms with Crippen molar-refractivity contribution in [1.82, 2.24) is 19.5 Å². The van der Waals surface area contributed by atoms with Crippen LogP contribution in [0.4, 0.5) is 0 Å². The molecular formula is C17H22N4O2S. The van der Waals surface area contributed by atoms with Crippen LogP contribution in [-0.4, -0.2) is 37.7 Å². The van der Waals surface area contributed by atoms with Gasteiger partial charge in [0.25, 0.3) is 0 Å². The number of nitrogens with zero attached hydrogens (tertiary/aromatic N) is 4. The van der Waals surface area contributed by atoms with E-state index in [1.54, 1.807) is 0 Å². The molecule has 0 unspecified atom stereocenters. The number of rotatable bonds is 3. The van der Waals surface area contributed by atoms with Gasteiger partial charge in [-0.05, 0) is 57.8 Å². The lowest BCUT2D eigenvalue weighted by molar-refractivity contribution is 0.143. The standard InChI is InChI=1S/C17H22N4O2S/c1-10-6-8-20(9-7-10)14(13-5-4-11(2)23-13)15-16(22)21-17(24-15)18-12(3)19-21/h4-5,10,14,22H,6-9H2,1-3H3/t14-/m1/s1. The molecule has 1 saturated heterocycles. The van der Waals surface area contributed by atoms with Crippen LogP contribution in [0.3, 0.4) is 0 Å². The third kappa shape index (κ3) is 2.61. The Kier molecular flexibility index (Phi) is 3.85. The molecule has 0 spiro atoms. The number of piperidine rings is 1. The predicted octanol–water partition coefficient (Wildman–Crippen LogP) is 3.53. The molecule has 1 atom stereocenters. The topological polar surface area (TPSA) is 66.8 Å². The van der Waals surface area contributed by atoms with Crippen molar-refractivity contribution in [3.63, 3.8) is 0 Å². The molecule has 1 aliphatic rings. The molecule has 3 aromatic heterocycles. The van der Waals surface area contributed by atoms with Crippen molar-refractivity contribution < 1.29 is 9.52 Å². The molecule has 1 N–H and O–H groups in total. The summed E-state index contributed by atoms with van der Waals surface area (Å²) in [6.45, 7) is 8.07. The first-order chi connectivity index (χ1) is 11.5. The van der Waals surface area contributed by atoms with Gasteiger partial charge in [-0.2, -0.15) is 4.52 Å². The second kappa shape index (κ2) is 5.89. The van der Waals surface area contributed by atoms with Crippen molar-refractivity contribution in [2.45, 2.75) is 39.7 Å². The Morgan fingerprint density at radius 2 is 2.04 bits per heavy atom. The number of fused-ring (bicyclic) bond motifs is 1. The Hall–Kier alpha value is -1.86. The number of aromatic nitrogens is 3. The van der Waals surface area contributed by atoms with Crippen molar-refractivity contribution in [2.75, 3.05) is 13.1 Å². The summed E-state index contributed by atoms with van der Waals surface area (Å²) >= 11 is 1.49. The zero-order chi connectivity index (χ0) is 16.8. The molecule has 1 fully saturated rings. The van der Waals surface area contributed by atoms with Gasteiger partial charge in [0.05, 0.1) is 4.88 Å². The van der Waals surface area contributed by atoms with Gasteiger partial charge in [-0.3, -0.25) is 4.90 Å². The highest BCUT2D eigenvalue weighted by Crippen LogP contribution is 2.41. The third-order valence-electron chi connectivity index (χ3n) is 4.77. The van der Waals surface area contributed by atoms with Crippen LogP contribution < -0.4 is 0 Å².